The Balaban J connectivity index is 2.17. The van der Waals surface area contributed by atoms with E-state index in [0.717, 1.165) is 35.6 Å². The van der Waals surface area contributed by atoms with Gasteiger partial charge in [-0.1, -0.05) is 26.1 Å². The van der Waals surface area contributed by atoms with Crippen molar-refractivity contribution in [1.82, 2.24) is 9.97 Å². The van der Waals surface area contributed by atoms with Gasteiger partial charge < -0.3 is 9.72 Å². The van der Waals surface area contributed by atoms with E-state index < -0.39 is 0 Å². The van der Waals surface area contributed by atoms with Gasteiger partial charge in [-0.15, -0.1) is 0 Å². The lowest BCUT2D eigenvalue weighted by atomic mass is 9.97. The SMILES string of the molecule is CC(C)c1c(-c2ccc3c(c2)CCO3)[nH]cnc1=S. The second kappa shape index (κ2) is 4.78. The molecule has 0 atom stereocenters. The first-order valence-electron chi connectivity index (χ1n) is 6.50. The molecule has 2 aromatic rings. The third-order valence-electron chi connectivity index (χ3n) is 3.45. The second-order valence-electron chi connectivity index (χ2n) is 5.07. The number of rotatable bonds is 2. The first-order valence-corrected chi connectivity index (χ1v) is 6.91. The minimum atomic E-state index is 0.344. The van der Waals surface area contributed by atoms with E-state index in [4.69, 9.17) is 17.0 Å². The van der Waals surface area contributed by atoms with Crippen LogP contribution in [-0.2, 0) is 6.42 Å². The van der Waals surface area contributed by atoms with Crippen LogP contribution in [0.15, 0.2) is 24.5 Å². The molecule has 0 fully saturated rings. The van der Waals surface area contributed by atoms with Gasteiger partial charge >= 0.3 is 0 Å². The maximum absolute atomic E-state index is 5.55. The Morgan fingerprint density at radius 1 is 1.37 bits per heavy atom. The van der Waals surface area contributed by atoms with Crippen molar-refractivity contribution in [3.8, 4) is 17.0 Å². The van der Waals surface area contributed by atoms with Crippen LogP contribution in [-0.4, -0.2) is 16.6 Å². The number of hydrogen-bond donors (Lipinski definition) is 1. The highest BCUT2D eigenvalue weighted by molar-refractivity contribution is 7.71. The highest BCUT2D eigenvalue weighted by atomic mass is 32.1. The summed E-state index contributed by atoms with van der Waals surface area (Å²) in [6.07, 6.45) is 2.65. The Labute approximate surface area is 117 Å². The van der Waals surface area contributed by atoms with E-state index in [0.29, 0.717) is 10.6 Å². The fourth-order valence-corrected chi connectivity index (χ4v) is 2.92. The molecule has 3 rings (SSSR count). The highest BCUT2D eigenvalue weighted by Crippen LogP contribution is 2.33. The first kappa shape index (κ1) is 12.4. The minimum absolute atomic E-state index is 0.344. The lowest BCUT2D eigenvalue weighted by molar-refractivity contribution is 0.357. The van der Waals surface area contributed by atoms with Gasteiger partial charge in [-0.25, -0.2) is 4.98 Å². The molecule has 1 aliphatic heterocycles. The number of fused-ring (bicyclic) bond motifs is 1. The van der Waals surface area contributed by atoms with Crippen molar-refractivity contribution in [3.63, 3.8) is 0 Å². The van der Waals surface area contributed by atoms with Gasteiger partial charge in [0.15, 0.2) is 0 Å². The summed E-state index contributed by atoms with van der Waals surface area (Å²) in [6.45, 7) is 5.06. The van der Waals surface area contributed by atoms with E-state index >= 15 is 0 Å². The Morgan fingerprint density at radius 3 is 3.00 bits per heavy atom. The summed E-state index contributed by atoms with van der Waals surface area (Å²) in [6, 6.07) is 6.31. The zero-order valence-electron chi connectivity index (χ0n) is 11.1. The number of H-pyrrole nitrogens is 1. The molecule has 0 bridgehead atoms. The van der Waals surface area contributed by atoms with Crippen molar-refractivity contribution in [2.24, 2.45) is 0 Å². The average Bonchev–Trinajstić information content (AvgIpc) is 2.85. The van der Waals surface area contributed by atoms with Crippen LogP contribution in [0.1, 0.15) is 30.9 Å². The molecule has 3 nitrogen and oxygen atoms in total. The number of aromatic amines is 1. The van der Waals surface area contributed by atoms with Gasteiger partial charge in [0.1, 0.15) is 10.4 Å². The van der Waals surface area contributed by atoms with Gasteiger partial charge in [-0.2, -0.15) is 0 Å². The normalized spacial score (nSPS) is 13.4. The molecule has 0 amide bonds. The van der Waals surface area contributed by atoms with E-state index in [1.165, 1.54) is 5.56 Å². The third kappa shape index (κ3) is 2.16. The molecule has 1 aliphatic rings. The van der Waals surface area contributed by atoms with Crippen molar-refractivity contribution < 1.29 is 4.74 Å². The number of nitrogens with one attached hydrogen (secondary N) is 1. The van der Waals surface area contributed by atoms with Crippen LogP contribution in [0.25, 0.3) is 11.3 Å². The topological polar surface area (TPSA) is 37.9 Å². The predicted molar refractivity (Wildman–Crippen MR) is 78.1 cm³/mol. The maximum atomic E-state index is 5.55. The zero-order valence-corrected chi connectivity index (χ0v) is 11.9. The number of benzene rings is 1. The highest BCUT2D eigenvalue weighted by Gasteiger charge is 2.16. The summed E-state index contributed by atoms with van der Waals surface area (Å²) in [5.41, 5.74) is 4.60. The van der Waals surface area contributed by atoms with Gasteiger partial charge in [0.25, 0.3) is 0 Å². The molecule has 1 N–H and O–H groups in total. The maximum Gasteiger partial charge on any atom is 0.133 e. The van der Waals surface area contributed by atoms with Crippen molar-refractivity contribution in [3.05, 3.63) is 40.3 Å². The van der Waals surface area contributed by atoms with Crippen LogP contribution in [0.2, 0.25) is 0 Å². The third-order valence-corrected chi connectivity index (χ3v) is 3.77. The van der Waals surface area contributed by atoms with Gasteiger partial charge in [0, 0.05) is 12.0 Å². The number of nitrogens with zero attached hydrogens (tertiary/aromatic N) is 1. The Hall–Kier alpha value is -1.68. The second-order valence-corrected chi connectivity index (χ2v) is 5.46. The standard InChI is InChI=1S/C15H16N2OS/c1-9(2)13-14(16-8-17-15(13)19)11-3-4-12-10(7-11)5-6-18-12/h3-4,7-9H,5-6H2,1-2H3,(H,16,17,19). The van der Waals surface area contributed by atoms with E-state index in [9.17, 15) is 0 Å². The van der Waals surface area contributed by atoms with Crippen LogP contribution < -0.4 is 4.74 Å². The minimum Gasteiger partial charge on any atom is -0.493 e. The van der Waals surface area contributed by atoms with E-state index in [-0.39, 0.29) is 0 Å². The molecule has 0 aliphatic carbocycles. The van der Waals surface area contributed by atoms with Gasteiger partial charge in [-0.05, 0) is 35.2 Å². The predicted octanol–water partition coefficient (Wildman–Crippen LogP) is 3.86. The molecule has 98 valence electrons. The molecule has 0 saturated heterocycles. The van der Waals surface area contributed by atoms with Crippen LogP contribution in [0.3, 0.4) is 0 Å². The summed E-state index contributed by atoms with van der Waals surface area (Å²) in [5, 5.41) is 0. The molecule has 4 heteroatoms. The first-order chi connectivity index (χ1) is 9.16. The zero-order chi connectivity index (χ0) is 13.4. The molecule has 0 saturated carbocycles. The van der Waals surface area contributed by atoms with Crippen LogP contribution in [0.4, 0.5) is 0 Å². The van der Waals surface area contributed by atoms with Crippen molar-refractivity contribution in [2.75, 3.05) is 6.61 Å². The molecule has 0 spiro atoms. The molecule has 1 aromatic carbocycles. The van der Waals surface area contributed by atoms with Crippen molar-refractivity contribution >= 4 is 12.2 Å². The van der Waals surface area contributed by atoms with E-state index in [1.807, 2.05) is 6.07 Å². The lowest BCUT2D eigenvalue weighted by Gasteiger charge is -2.13. The molecule has 1 aromatic heterocycles. The van der Waals surface area contributed by atoms with Gasteiger partial charge in [0.2, 0.25) is 0 Å². The fraction of sp³-hybridized carbons (Fsp3) is 0.333. The van der Waals surface area contributed by atoms with Crippen molar-refractivity contribution in [1.29, 1.82) is 0 Å². The van der Waals surface area contributed by atoms with Gasteiger partial charge in [-0.3, -0.25) is 0 Å². The van der Waals surface area contributed by atoms with E-state index in [1.54, 1.807) is 6.33 Å². The smallest absolute Gasteiger partial charge is 0.133 e. The average molecular weight is 272 g/mol. The molecular formula is C15H16N2OS. The molecular weight excluding hydrogens is 256 g/mol. The fourth-order valence-electron chi connectivity index (χ4n) is 2.53. The number of hydrogen-bond acceptors (Lipinski definition) is 3. The van der Waals surface area contributed by atoms with Crippen LogP contribution in [0, 0.1) is 4.64 Å². The Morgan fingerprint density at radius 2 is 2.21 bits per heavy atom. The summed E-state index contributed by atoms with van der Waals surface area (Å²) >= 11 is 5.36. The summed E-state index contributed by atoms with van der Waals surface area (Å²) in [7, 11) is 0. The Bertz CT molecular complexity index is 676. The molecule has 19 heavy (non-hydrogen) atoms. The molecule has 0 radical (unpaired) electrons. The van der Waals surface area contributed by atoms with Crippen LogP contribution >= 0.6 is 12.2 Å². The van der Waals surface area contributed by atoms with E-state index in [2.05, 4.69) is 35.9 Å². The summed E-state index contributed by atoms with van der Waals surface area (Å²) in [5.74, 6) is 1.35. The lowest BCUT2D eigenvalue weighted by Crippen LogP contribution is -1.99. The molecule has 0 unspecified atom stereocenters. The Kier molecular flexibility index (Phi) is 3.11. The summed E-state index contributed by atoms with van der Waals surface area (Å²) < 4.78 is 6.23. The van der Waals surface area contributed by atoms with Crippen molar-refractivity contribution in [2.45, 2.75) is 26.2 Å². The quantitative estimate of drug-likeness (QED) is 0.843. The molecule has 2 heterocycles. The van der Waals surface area contributed by atoms with Crippen LogP contribution in [0.5, 0.6) is 5.75 Å². The van der Waals surface area contributed by atoms with Gasteiger partial charge in [0.05, 0.1) is 18.6 Å². The number of ether oxygens (including phenoxy) is 1. The summed E-state index contributed by atoms with van der Waals surface area (Å²) in [4.78, 5) is 7.44. The number of aromatic nitrogens is 2. The monoisotopic (exact) mass is 272 g/mol. The largest absolute Gasteiger partial charge is 0.493 e.